The minimum absolute atomic E-state index is 0.0352. The summed E-state index contributed by atoms with van der Waals surface area (Å²) in [5.41, 5.74) is -0.485. The molecule has 1 unspecified atom stereocenters. The molecule has 6 nitrogen and oxygen atoms in total. The van der Waals surface area contributed by atoms with Crippen molar-refractivity contribution in [2.24, 2.45) is 4.99 Å². The second-order valence-corrected chi connectivity index (χ2v) is 8.48. The molecule has 168 valence electrons. The van der Waals surface area contributed by atoms with Crippen molar-refractivity contribution >= 4 is 45.4 Å². The Labute approximate surface area is 196 Å². The highest BCUT2D eigenvalue weighted by Crippen LogP contribution is 2.45. The zero-order valence-corrected chi connectivity index (χ0v) is 20.1. The van der Waals surface area contributed by atoms with Crippen molar-refractivity contribution < 1.29 is 23.8 Å². The lowest BCUT2D eigenvalue weighted by Crippen LogP contribution is -2.35. The van der Waals surface area contributed by atoms with Gasteiger partial charge in [-0.1, -0.05) is 58.9 Å². The van der Waals surface area contributed by atoms with Gasteiger partial charge in [-0.25, -0.2) is 14.6 Å². The molecule has 1 heterocycles. The van der Waals surface area contributed by atoms with Crippen molar-refractivity contribution in [2.45, 2.75) is 57.6 Å². The zero-order valence-electron chi connectivity index (χ0n) is 17.8. The number of rotatable bonds is 7. The fraction of sp³-hybridized carbons (Fsp3) is 0.522. The Balaban J connectivity index is 2.21. The Hall–Kier alpha value is -1.86. The summed E-state index contributed by atoms with van der Waals surface area (Å²) in [6.45, 7) is 3.75. The van der Waals surface area contributed by atoms with Crippen LogP contribution in [0.5, 0.6) is 0 Å². The van der Waals surface area contributed by atoms with Crippen LogP contribution >= 0.6 is 27.5 Å². The van der Waals surface area contributed by atoms with E-state index in [1.165, 1.54) is 6.42 Å². The van der Waals surface area contributed by atoms with Crippen LogP contribution in [-0.4, -0.2) is 42.4 Å². The Morgan fingerprint density at radius 3 is 2.29 bits per heavy atom. The standard InChI is InChI=1S/C23H27BrClNO5/c1-3-29-21(27)18-19(22(28)30-4-2)23(14-24,15-10-12-16(25)13-11-15)31-20(18)26-17-8-6-5-7-9-17/h10-13,17H,3-9,14H2,1-2H3. The molecule has 1 aliphatic heterocycles. The summed E-state index contributed by atoms with van der Waals surface area (Å²) < 4.78 is 17.0. The molecule has 0 bridgehead atoms. The fourth-order valence-corrected chi connectivity index (χ4v) is 4.84. The van der Waals surface area contributed by atoms with Crippen LogP contribution in [0.15, 0.2) is 40.4 Å². The summed E-state index contributed by atoms with van der Waals surface area (Å²) in [4.78, 5) is 30.9. The predicted octanol–water partition coefficient (Wildman–Crippen LogP) is 5.11. The Morgan fingerprint density at radius 1 is 1.10 bits per heavy atom. The highest BCUT2D eigenvalue weighted by Gasteiger charge is 2.53. The number of nitrogens with zero attached hydrogens (tertiary/aromatic N) is 1. The van der Waals surface area contributed by atoms with Gasteiger partial charge in [-0.15, -0.1) is 0 Å². The number of hydrogen-bond donors (Lipinski definition) is 0. The van der Waals surface area contributed by atoms with E-state index in [-0.39, 0.29) is 41.6 Å². The van der Waals surface area contributed by atoms with E-state index in [0.29, 0.717) is 10.6 Å². The molecule has 1 fully saturated rings. The number of esters is 2. The molecule has 0 aromatic heterocycles. The molecule has 0 amide bonds. The minimum Gasteiger partial charge on any atom is -0.462 e. The Bertz CT molecular complexity index is 876. The second kappa shape index (κ2) is 10.6. The molecule has 2 aliphatic rings. The molecular formula is C23H27BrClNO5. The number of alkyl halides is 1. The van der Waals surface area contributed by atoms with E-state index in [1.807, 2.05) is 0 Å². The van der Waals surface area contributed by atoms with Crippen LogP contribution in [0.1, 0.15) is 51.5 Å². The third-order valence-corrected chi connectivity index (χ3v) is 6.51. The molecule has 1 atom stereocenters. The van der Waals surface area contributed by atoms with Crippen LogP contribution in [0.4, 0.5) is 0 Å². The second-order valence-electron chi connectivity index (χ2n) is 7.49. The number of halogens is 2. The highest BCUT2D eigenvalue weighted by atomic mass is 79.9. The molecule has 0 spiro atoms. The molecule has 31 heavy (non-hydrogen) atoms. The van der Waals surface area contributed by atoms with Gasteiger partial charge in [0.1, 0.15) is 11.1 Å². The van der Waals surface area contributed by atoms with Gasteiger partial charge < -0.3 is 14.2 Å². The van der Waals surface area contributed by atoms with Crippen LogP contribution < -0.4 is 0 Å². The minimum atomic E-state index is -1.29. The predicted molar refractivity (Wildman–Crippen MR) is 123 cm³/mol. The third-order valence-electron chi connectivity index (χ3n) is 5.47. The number of carbonyl (C=O) groups excluding carboxylic acids is 2. The molecule has 8 heteroatoms. The first-order valence-corrected chi connectivity index (χ1v) is 12.1. The van der Waals surface area contributed by atoms with Gasteiger partial charge in [0.2, 0.25) is 5.90 Å². The maximum absolute atomic E-state index is 13.1. The van der Waals surface area contributed by atoms with E-state index < -0.39 is 17.5 Å². The Kier molecular flexibility index (Phi) is 8.17. The fourth-order valence-electron chi connectivity index (χ4n) is 4.00. The lowest BCUT2D eigenvalue weighted by molar-refractivity contribution is -0.142. The van der Waals surface area contributed by atoms with Gasteiger partial charge in [0.05, 0.1) is 24.6 Å². The summed E-state index contributed by atoms with van der Waals surface area (Å²) in [6.07, 6.45) is 5.16. The lowest BCUT2D eigenvalue weighted by atomic mass is 9.86. The van der Waals surface area contributed by atoms with E-state index in [1.54, 1.807) is 38.1 Å². The van der Waals surface area contributed by atoms with Gasteiger partial charge in [-0.3, -0.25) is 0 Å². The van der Waals surface area contributed by atoms with E-state index >= 15 is 0 Å². The number of ether oxygens (including phenoxy) is 3. The van der Waals surface area contributed by atoms with Gasteiger partial charge >= 0.3 is 11.9 Å². The summed E-state index contributed by atoms with van der Waals surface area (Å²) in [5, 5.41) is 0.761. The van der Waals surface area contributed by atoms with Gasteiger partial charge in [0, 0.05) is 10.6 Å². The maximum atomic E-state index is 13.1. The number of carbonyl (C=O) groups is 2. The van der Waals surface area contributed by atoms with Crippen LogP contribution in [0.25, 0.3) is 0 Å². The smallest absolute Gasteiger partial charge is 0.344 e. The van der Waals surface area contributed by atoms with Crippen LogP contribution in [-0.2, 0) is 29.4 Å². The maximum Gasteiger partial charge on any atom is 0.344 e. The van der Waals surface area contributed by atoms with E-state index in [4.69, 9.17) is 30.8 Å². The van der Waals surface area contributed by atoms with Crippen LogP contribution in [0.3, 0.4) is 0 Å². The molecule has 0 saturated heterocycles. The first kappa shape index (κ1) is 23.8. The number of aliphatic imine (C=N–C) groups is 1. The van der Waals surface area contributed by atoms with Crippen molar-refractivity contribution in [1.29, 1.82) is 0 Å². The van der Waals surface area contributed by atoms with E-state index in [2.05, 4.69) is 15.9 Å². The topological polar surface area (TPSA) is 74.2 Å². The molecule has 1 aromatic rings. The van der Waals surface area contributed by atoms with Gasteiger partial charge in [0.25, 0.3) is 0 Å². The average Bonchev–Trinajstić information content (AvgIpc) is 3.10. The summed E-state index contributed by atoms with van der Waals surface area (Å²) >= 11 is 9.59. The van der Waals surface area contributed by atoms with E-state index in [9.17, 15) is 9.59 Å². The molecule has 1 aromatic carbocycles. The van der Waals surface area contributed by atoms with Crippen molar-refractivity contribution in [2.75, 3.05) is 18.5 Å². The van der Waals surface area contributed by atoms with Gasteiger partial charge in [-0.05, 0) is 38.8 Å². The molecule has 3 rings (SSSR count). The zero-order chi connectivity index (χ0) is 22.4. The third kappa shape index (κ3) is 4.98. The molecule has 0 N–H and O–H groups in total. The molecule has 1 aliphatic carbocycles. The van der Waals surface area contributed by atoms with Gasteiger partial charge in [0.15, 0.2) is 5.60 Å². The normalized spacial score (nSPS) is 23.0. The number of hydrogen-bond acceptors (Lipinski definition) is 6. The SMILES string of the molecule is CCOC(=O)C1=C(C(=O)OCC)C(CBr)(c2ccc(Cl)cc2)OC1=NC1CCCCC1. The molecule has 0 radical (unpaired) electrons. The van der Waals surface area contributed by atoms with Crippen molar-refractivity contribution in [3.05, 3.63) is 46.0 Å². The van der Waals surface area contributed by atoms with Crippen LogP contribution in [0.2, 0.25) is 5.02 Å². The summed E-state index contributed by atoms with van der Waals surface area (Å²) in [7, 11) is 0. The molecule has 1 saturated carbocycles. The summed E-state index contributed by atoms with van der Waals surface area (Å²) in [6, 6.07) is 7.01. The van der Waals surface area contributed by atoms with Crippen LogP contribution in [0, 0.1) is 0 Å². The first-order valence-electron chi connectivity index (χ1n) is 10.6. The van der Waals surface area contributed by atoms with E-state index in [0.717, 1.165) is 25.7 Å². The number of benzene rings is 1. The lowest BCUT2D eigenvalue weighted by Gasteiger charge is -2.29. The van der Waals surface area contributed by atoms with Crippen molar-refractivity contribution in [3.63, 3.8) is 0 Å². The summed E-state index contributed by atoms with van der Waals surface area (Å²) in [5.74, 6) is -1.13. The van der Waals surface area contributed by atoms with Crippen molar-refractivity contribution in [1.82, 2.24) is 0 Å². The monoisotopic (exact) mass is 511 g/mol. The largest absolute Gasteiger partial charge is 0.462 e. The van der Waals surface area contributed by atoms with Gasteiger partial charge in [-0.2, -0.15) is 0 Å². The quantitative estimate of drug-likeness (QED) is 0.375. The van der Waals surface area contributed by atoms with Crippen molar-refractivity contribution in [3.8, 4) is 0 Å². The Morgan fingerprint density at radius 2 is 1.71 bits per heavy atom. The first-order chi connectivity index (χ1) is 15.0. The highest BCUT2D eigenvalue weighted by molar-refractivity contribution is 9.09. The molecular weight excluding hydrogens is 486 g/mol. The average molecular weight is 513 g/mol.